The zero-order valence-corrected chi connectivity index (χ0v) is 29.6. The Kier molecular flexibility index (Phi) is 10.6. The molecule has 0 N–H and O–H groups in total. The molecule has 3 aromatic carbocycles. The standard InChI is InChI=1S/C34H31BrCl2N2O6S/c1-6-43-33(41)29-19(4)38-34-39(30(29)21-9-12-26(45-18(2)3)27(14-21)42-5)32(40)28(46-34)15-22-13-24(36)16-25(37)31(22)44-17-20-7-10-23(35)11-8-20/h7-16,18,30H,6,17H2,1-5H3/b28-15+/t30-/m0/s1. The Morgan fingerprint density at radius 3 is 2.52 bits per heavy atom. The van der Waals surface area contributed by atoms with Crippen molar-refractivity contribution in [2.24, 2.45) is 4.99 Å². The molecule has 0 fully saturated rings. The summed E-state index contributed by atoms with van der Waals surface area (Å²) in [6.45, 7) is 7.70. The van der Waals surface area contributed by atoms with Crippen molar-refractivity contribution in [2.45, 2.75) is 46.4 Å². The lowest BCUT2D eigenvalue weighted by atomic mass is 9.95. The van der Waals surface area contributed by atoms with Gasteiger partial charge in [-0.3, -0.25) is 9.36 Å². The molecule has 0 unspecified atom stereocenters. The number of halogens is 3. The Labute approximate surface area is 288 Å². The number of esters is 1. The molecule has 4 aromatic rings. The average Bonchev–Trinajstić information content (AvgIpc) is 3.30. The molecule has 5 rings (SSSR count). The molecule has 0 saturated carbocycles. The third-order valence-electron chi connectivity index (χ3n) is 7.00. The van der Waals surface area contributed by atoms with E-state index in [0.29, 0.717) is 53.5 Å². The first-order chi connectivity index (χ1) is 22.0. The smallest absolute Gasteiger partial charge is 0.338 e. The summed E-state index contributed by atoms with van der Waals surface area (Å²) >= 11 is 17.6. The van der Waals surface area contributed by atoms with Gasteiger partial charge in [0.1, 0.15) is 12.4 Å². The van der Waals surface area contributed by atoms with Crippen LogP contribution in [0.3, 0.4) is 0 Å². The summed E-state index contributed by atoms with van der Waals surface area (Å²) in [6, 6.07) is 15.5. The first-order valence-electron chi connectivity index (χ1n) is 14.4. The highest BCUT2D eigenvalue weighted by molar-refractivity contribution is 9.10. The number of carbonyl (C=O) groups is 1. The number of allylic oxidation sites excluding steroid dienone is 1. The molecular formula is C34H31BrCl2N2O6S. The molecule has 1 atom stereocenters. The summed E-state index contributed by atoms with van der Waals surface area (Å²) in [7, 11) is 1.54. The maximum Gasteiger partial charge on any atom is 0.338 e. The molecule has 0 bridgehead atoms. The van der Waals surface area contributed by atoms with Gasteiger partial charge in [0.2, 0.25) is 0 Å². The molecule has 12 heteroatoms. The zero-order valence-electron chi connectivity index (χ0n) is 25.7. The van der Waals surface area contributed by atoms with Crippen LogP contribution in [-0.2, 0) is 16.1 Å². The van der Waals surface area contributed by atoms with E-state index < -0.39 is 12.0 Å². The Balaban J connectivity index is 1.66. The fraction of sp³-hybridized carbons (Fsp3) is 0.265. The predicted octanol–water partition coefficient (Wildman–Crippen LogP) is 7.24. The van der Waals surface area contributed by atoms with Crippen LogP contribution in [0.4, 0.5) is 0 Å². The van der Waals surface area contributed by atoms with Crippen LogP contribution in [0.25, 0.3) is 6.08 Å². The highest BCUT2D eigenvalue weighted by atomic mass is 79.9. The number of rotatable bonds is 10. The average molecular weight is 747 g/mol. The van der Waals surface area contributed by atoms with Gasteiger partial charge in [0.15, 0.2) is 16.3 Å². The molecule has 0 aliphatic carbocycles. The van der Waals surface area contributed by atoms with Crippen molar-refractivity contribution >= 4 is 62.5 Å². The molecule has 1 aliphatic heterocycles. The fourth-order valence-electron chi connectivity index (χ4n) is 5.03. The predicted molar refractivity (Wildman–Crippen MR) is 184 cm³/mol. The lowest BCUT2D eigenvalue weighted by molar-refractivity contribution is -0.139. The molecule has 0 saturated heterocycles. The summed E-state index contributed by atoms with van der Waals surface area (Å²) < 4.78 is 25.9. The van der Waals surface area contributed by atoms with Crippen LogP contribution in [0, 0.1) is 0 Å². The highest BCUT2D eigenvalue weighted by Crippen LogP contribution is 2.37. The third-order valence-corrected chi connectivity index (χ3v) is 9.01. The number of ether oxygens (including phenoxy) is 4. The maximum atomic E-state index is 14.2. The van der Waals surface area contributed by atoms with E-state index in [4.69, 9.17) is 42.1 Å². The summed E-state index contributed by atoms with van der Waals surface area (Å²) in [5.41, 5.74) is 2.42. The molecule has 0 spiro atoms. The zero-order chi connectivity index (χ0) is 33.1. The van der Waals surface area contributed by atoms with E-state index in [1.165, 1.54) is 23.0 Å². The summed E-state index contributed by atoms with van der Waals surface area (Å²) in [6.07, 6.45) is 1.59. The topological polar surface area (TPSA) is 88.4 Å². The number of aromatic nitrogens is 1. The minimum atomic E-state index is -0.837. The van der Waals surface area contributed by atoms with Gasteiger partial charge in [0, 0.05) is 15.1 Å². The minimum Gasteiger partial charge on any atom is -0.493 e. The van der Waals surface area contributed by atoms with Gasteiger partial charge >= 0.3 is 5.97 Å². The van der Waals surface area contributed by atoms with E-state index in [9.17, 15) is 9.59 Å². The Hall–Kier alpha value is -3.57. The van der Waals surface area contributed by atoms with Gasteiger partial charge in [0.25, 0.3) is 5.56 Å². The van der Waals surface area contributed by atoms with Crippen molar-refractivity contribution in [3.8, 4) is 17.2 Å². The number of benzene rings is 3. The number of carbonyl (C=O) groups excluding carboxylic acids is 1. The lowest BCUT2D eigenvalue weighted by Gasteiger charge is -2.25. The number of hydrogen-bond donors (Lipinski definition) is 0. The molecule has 0 radical (unpaired) electrons. The molecule has 1 aromatic heterocycles. The number of fused-ring (bicyclic) bond motifs is 1. The van der Waals surface area contributed by atoms with E-state index in [1.54, 1.807) is 44.2 Å². The number of thiazole rings is 1. The Morgan fingerprint density at radius 1 is 1.11 bits per heavy atom. The second kappa shape index (κ2) is 14.5. The van der Waals surface area contributed by atoms with Gasteiger partial charge in [0.05, 0.1) is 46.7 Å². The molecular weight excluding hydrogens is 715 g/mol. The SMILES string of the molecule is CCOC(=O)C1=C(C)N=c2s/c(=C/c3cc(Cl)cc(Cl)c3OCc3ccc(Br)cc3)c(=O)n2[C@H]1c1ccc(OC(C)C)c(OC)c1. The van der Waals surface area contributed by atoms with Crippen molar-refractivity contribution in [1.29, 1.82) is 0 Å². The summed E-state index contributed by atoms with van der Waals surface area (Å²) in [5, 5.41) is 0.687. The van der Waals surface area contributed by atoms with E-state index in [0.717, 1.165) is 10.0 Å². The number of methoxy groups -OCH3 is 1. The second-order valence-electron chi connectivity index (χ2n) is 10.6. The number of hydrogen-bond acceptors (Lipinski definition) is 8. The Morgan fingerprint density at radius 2 is 1.85 bits per heavy atom. The number of nitrogens with zero attached hydrogens (tertiary/aromatic N) is 2. The van der Waals surface area contributed by atoms with Crippen LogP contribution in [-0.4, -0.2) is 30.4 Å². The first-order valence-corrected chi connectivity index (χ1v) is 16.8. The highest BCUT2D eigenvalue weighted by Gasteiger charge is 2.34. The van der Waals surface area contributed by atoms with Crippen molar-refractivity contribution < 1.29 is 23.7 Å². The largest absolute Gasteiger partial charge is 0.493 e. The van der Waals surface area contributed by atoms with Crippen molar-refractivity contribution in [3.05, 3.63) is 117 Å². The van der Waals surface area contributed by atoms with Gasteiger partial charge in [-0.05, 0) is 81.3 Å². The van der Waals surface area contributed by atoms with Crippen LogP contribution >= 0.6 is 50.5 Å². The van der Waals surface area contributed by atoms with E-state index >= 15 is 0 Å². The summed E-state index contributed by atoms with van der Waals surface area (Å²) in [5.74, 6) is 0.827. The van der Waals surface area contributed by atoms with Crippen LogP contribution in [0.5, 0.6) is 17.2 Å². The molecule has 46 heavy (non-hydrogen) atoms. The van der Waals surface area contributed by atoms with E-state index in [-0.39, 0.29) is 30.5 Å². The van der Waals surface area contributed by atoms with E-state index in [1.807, 2.05) is 44.2 Å². The molecule has 8 nitrogen and oxygen atoms in total. The third kappa shape index (κ3) is 7.20. The first kappa shape index (κ1) is 33.8. The van der Waals surface area contributed by atoms with Crippen molar-refractivity contribution in [3.63, 3.8) is 0 Å². The summed E-state index contributed by atoms with van der Waals surface area (Å²) in [4.78, 5) is 32.7. The molecule has 0 amide bonds. The molecule has 1 aliphatic rings. The maximum absolute atomic E-state index is 14.2. The lowest BCUT2D eigenvalue weighted by Crippen LogP contribution is -2.40. The Bertz CT molecular complexity index is 2000. The quantitative estimate of drug-likeness (QED) is 0.159. The minimum absolute atomic E-state index is 0.0848. The van der Waals surface area contributed by atoms with Crippen molar-refractivity contribution in [2.75, 3.05) is 13.7 Å². The van der Waals surface area contributed by atoms with Gasteiger partial charge in [-0.25, -0.2) is 9.79 Å². The fourth-order valence-corrected chi connectivity index (χ4v) is 6.90. The molecule has 240 valence electrons. The van der Waals surface area contributed by atoms with Gasteiger partial charge in [-0.1, -0.05) is 68.7 Å². The normalized spacial score (nSPS) is 14.6. The van der Waals surface area contributed by atoms with Crippen LogP contribution in [0.15, 0.2) is 80.1 Å². The van der Waals surface area contributed by atoms with Gasteiger partial charge in [-0.15, -0.1) is 0 Å². The van der Waals surface area contributed by atoms with Crippen molar-refractivity contribution in [1.82, 2.24) is 4.57 Å². The van der Waals surface area contributed by atoms with Crippen LogP contribution in [0.1, 0.15) is 50.4 Å². The van der Waals surface area contributed by atoms with Gasteiger partial charge in [-0.2, -0.15) is 0 Å². The molecule has 2 heterocycles. The van der Waals surface area contributed by atoms with E-state index in [2.05, 4.69) is 20.9 Å². The monoisotopic (exact) mass is 744 g/mol. The van der Waals surface area contributed by atoms with Crippen LogP contribution < -0.4 is 29.1 Å². The second-order valence-corrected chi connectivity index (χ2v) is 13.4. The van der Waals surface area contributed by atoms with Gasteiger partial charge < -0.3 is 18.9 Å². The van der Waals surface area contributed by atoms with Crippen LogP contribution in [0.2, 0.25) is 10.0 Å².